The van der Waals surface area contributed by atoms with Gasteiger partial charge in [-0.25, -0.2) is 0 Å². The van der Waals surface area contributed by atoms with Gasteiger partial charge in [-0.15, -0.1) is 0 Å². The van der Waals surface area contributed by atoms with Gasteiger partial charge in [0, 0.05) is 7.11 Å². The molecule has 0 saturated carbocycles. The molecule has 0 aromatic heterocycles. The van der Waals surface area contributed by atoms with Crippen molar-refractivity contribution in [3.63, 3.8) is 0 Å². The highest BCUT2D eigenvalue weighted by molar-refractivity contribution is 4.87. The van der Waals surface area contributed by atoms with E-state index in [1.54, 1.807) is 0 Å². The van der Waals surface area contributed by atoms with Crippen molar-refractivity contribution in [1.82, 2.24) is 5.32 Å². The second-order valence-electron chi connectivity index (χ2n) is 2.89. The number of aliphatic hydroxyl groups excluding tert-OH is 1. The summed E-state index contributed by atoms with van der Waals surface area (Å²) in [4.78, 5) is 0. The molecule has 66 valence electrons. The minimum absolute atomic E-state index is 0.654. The molecule has 0 unspecified atom stereocenters. The number of aliphatic hydroxyl groups is 2. The summed E-state index contributed by atoms with van der Waals surface area (Å²) in [5, 5.41) is 21.2. The molecule has 0 aliphatic carbocycles. The Hall–Kier alpha value is -0.160. The molecule has 1 heterocycles. The molecule has 0 aromatic rings. The third-order valence-electron chi connectivity index (χ3n) is 2.33. The average molecular weight is 161 g/mol. The fourth-order valence-electron chi connectivity index (χ4n) is 1.42. The smallest absolute Gasteiger partial charge is 0.181 e. The summed E-state index contributed by atoms with van der Waals surface area (Å²) in [5.74, 6) is 0. The first kappa shape index (κ1) is 8.93. The van der Waals surface area contributed by atoms with Crippen molar-refractivity contribution < 1.29 is 14.9 Å². The Balaban J connectivity index is 2.57. The van der Waals surface area contributed by atoms with Crippen molar-refractivity contribution in [1.29, 1.82) is 0 Å². The molecule has 1 aliphatic heterocycles. The fourth-order valence-corrected chi connectivity index (χ4v) is 1.42. The lowest BCUT2D eigenvalue weighted by Crippen LogP contribution is -2.51. The third kappa shape index (κ3) is 1.70. The normalized spacial score (nSPS) is 24.0. The van der Waals surface area contributed by atoms with Crippen molar-refractivity contribution in [2.45, 2.75) is 24.7 Å². The van der Waals surface area contributed by atoms with Gasteiger partial charge in [0.05, 0.1) is 0 Å². The second-order valence-corrected chi connectivity index (χ2v) is 2.89. The lowest BCUT2D eigenvalue weighted by atomic mass is 9.91. The minimum Gasteiger partial charge on any atom is -0.373 e. The van der Waals surface area contributed by atoms with Crippen molar-refractivity contribution in [2.24, 2.45) is 0 Å². The monoisotopic (exact) mass is 161 g/mol. The van der Waals surface area contributed by atoms with E-state index < -0.39 is 11.9 Å². The molecule has 11 heavy (non-hydrogen) atoms. The van der Waals surface area contributed by atoms with E-state index in [-0.39, 0.29) is 0 Å². The molecule has 4 heteroatoms. The van der Waals surface area contributed by atoms with E-state index in [1.807, 2.05) is 0 Å². The molecule has 0 bridgehead atoms. The zero-order chi connectivity index (χ0) is 8.32. The maximum atomic E-state index is 9.03. The maximum Gasteiger partial charge on any atom is 0.181 e. The molecule has 0 spiro atoms. The predicted molar refractivity (Wildman–Crippen MR) is 40.1 cm³/mol. The Morgan fingerprint density at radius 2 is 1.91 bits per heavy atom. The molecule has 0 atom stereocenters. The van der Waals surface area contributed by atoms with E-state index >= 15 is 0 Å². The third-order valence-corrected chi connectivity index (χ3v) is 2.33. The van der Waals surface area contributed by atoms with Crippen LogP contribution in [-0.2, 0) is 4.74 Å². The van der Waals surface area contributed by atoms with Crippen molar-refractivity contribution in [3.05, 3.63) is 0 Å². The lowest BCUT2D eigenvalue weighted by molar-refractivity contribution is -0.207. The van der Waals surface area contributed by atoms with Gasteiger partial charge in [-0.1, -0.05) is 0 Å². The molecule has 1 rings (SSSR count). The zero-order valence-electron chi connectivity index (χ0n) is 6.71. The van der Waals surface area contributed by atoms with Crippen LogP contribution in [0, 0.1) is 0 Å². The highest BCUT2D eigenvalue weighted by atomic mass is 16.6. The van der Waals surface area contributed by atoms with Crippen LogP contribution in [0.3, 0.4) is 0 Å². The molecule has 1 saturated heterocycles. The summed E-state index contributed by atoms with van der Waals surface area (Å²) >= 11 is 0. The van der Waals surface area contributed by atoms with Crippen LogP contribution in [-0.4, -0.2) is 42.3 Å². The van der Waals surface area contributed by atoms with Crippen molar-refractivity contribution >= 4 is 0 Å². The topological polar surface area (TPSA) is 61.7 Å². The number of methoxy groups -OCH3 is 1. The molecule has 3 N–H and O–H groups in total. The number of ether oxygens (including phenoxy) is 1. The number of hydrogen-bond donors (Lipinski definition) is 3. The van der Waals surface area contributed by atoms with Crippen LogP contribution in [0.5, 0.6) is 0 Å². The van der Waals surface area contributed by atoms with E-state index in [1.165, 1.54) is 7.11 Å². The number of rotatable bonds is 2. The zero-order valence-corrected chi connectivity index (χ0v) is 6.71. The van der Waals surface area contributed by atoms with E-state index in [0.29, 0.717) is 12.8 Å². The first-order valence-corrected chi connectivity index (χ1v) is 3.83. The van der Waals surface area contributed by atoms with E-state index in [0.717, 1.165) is 13.1 Å². The van der Waals surface area contributed by atoms with Crippen LogP contribution in [0.2, 0.25) is 0 Å². The maximum absolute atomic E-state index is 9.03. The average Bonchev–Trinajstić information content (AvgIpc) is 2.05. The highest BCUT2D eigenvalue weighted by Gasteiger charge is 2.38. The van der Waals surface area contributed by atoms with Gasteiger partial charge in [0.2, 0.25) is 0 Å². The van der Waals surface area contributed by atoms with Gasteiger partial charge in [0.25, 0.3) is 0 Å². The Bertz CT molecular complexity index is 121. The highest BCUT2D eigenvalue weighted by Crippen LogP contribution is 2.24. The van der Waals surface area contributed by atoms with E-state index in [2.05, 4.69) is 5.32 Å². The SMILES string of the molecule is COC1(C(O)O)CCNCC1. The molecular formula is C7H15NO3. The Labute approximate surface area is 66.2 Å². The Morgan fingerprint density at radius 1 is 1.36 bits per heavy atom. The molecule has 0 amide bonds. The van der Waals surface area contributed by atoms with Crippen LogP contribution >= 0.6 is 0 Å². The van der Waals surface area contributed by atoms with Gasteiger partial charge in [-0.3, -0.25) is 0 Å². The Kier molecular flexibility index (Phi) is 2.84. The molecule has 1 aliphatic rings. The quantitative estimate of drug-likeness (QED) is 0.458. The van der Waals surface area contributed by atoms with Crippen LogP contribution < -0.4 is 5.32 Å². The van der Waals surface area contributed by atoms with E-state index in [9.17, 15) is 0 Å². The second kappa shape index (κ2) is 3.49. The van der Waals surface area contributed by atoms with Crippen LogP contribution in [0.25, 0.3) is 0 Å². The Morgan fingerprint density at radius 3 is 2.18 bits per heavy atom. The number of hydrogen-bond acceptors (Lipinski definition) is 4. The van der Waals surface area contributed by atoms with Gasteiger partial charge in [0.1, 0.15) is 5.60 Å². The van der Waals surface area contributed by atoms with Crippen molar-refractivity contribution in [2.75, 3.05) is 20.2 Å². The summed E-state index contributed by atoms with van der Waals surface area (Å²) in [6.45, 7) is 1.57. The summed E-state index contributed by atoms with van der Waals surface area (Å²) < 4.78 is 5.10. The van der Waals surface area contributed by atoms with Crippen LogP contribution in [0.15, 0.2) is 0 Å². The first-order chi connectivity index (χ1) is 5.21. The van der Waals surface area contributed by atoms with Gasteiger partial charge < -0.3 is 20.3 Å². The molecule has 0 radical (unpaired) electrons. The molecule has 0 aromatic carbocycles. The van der Waals surface area contributed by atoms with Gasteiger partial charge >= 0.3 is 0 Å². The molecule has 4 nitrogen and oxygen atoms in total. The van der Waals surface area contributed by atoms with Gasteiger partial charge in [0.15, 0.2) is 6.29 Å². The van der Waals surface area contributed by atoms with Gasteiger partial charge in [-0.05, 0) is 25.9 Å². The van der Waals surface area contributed by atoms with Gasteiger partial charge in [-0.2, -0.15) is 0 Å². The molecule has 1 fully saturated rings. The van der Waals surface area contributed by atoms with Crippen molar-refractivity contribution in [3.8, 4) is 0 Å². The first-order valence-electron chi connectivity index (χ1n) is 3.83. The minimum atomic E-state index is -1.37. The van der Waals surface area contributed by atoms with E-state index in [4.69, 9.17) is 14.9 Å². The van der Waals surface area contributed by atoms with Crippen LogP contribution in [0.4, 0.5) is 0 Å². The summed E-state index contributed by atoms with van der Waals surface area (Å²) in [7, 11) is 1.52. The summed E-state index contributed by atoms with van der Waals surface area (Å²) in [6, 6.07) is 0. The predicted octanol–water partition coefficient (Wildman–Crippen LogP) is -0.934. The van der Waals surface area contributed by atoms with Crippen LogP contribution in [0.1, 0.15) is 12.8 Å². The summed E-state index contributed by atoms with van der Waals surface area (Å²) in [5.41, 5.74) is -0.731. The largest absolute Gasteiger partial charge is 0.373 e. The standard InChI is InChI=1S/C7H15NO3/c1-11-7(6(9)10)2-4-8-5-3-7/h6,8-10H,2-5H2,1H3. The fraction of sp³-hybridized carbons (Fsp3) is 1.00. The molecular weight excluding hydrogens is 146 g/mol. The summed E-state index contributed by atoms with van der Waals surface area (Å²) in [6.07, 6.45) is -0.0582. The number of piperidine rings is 1. The lowest BCUT2D eigenvalue weighted by Gasteiger charge is -2.37. The number of nitrogens with one attached hydrogen (secondary N) is 1.